The molecule has 6 heteroatoms. The highest BCUT2D eigenvalue weighted by Gasteiger charge is 2.20. The molecule has 0 N–H and O–H groups in total. The van der Waals surface area contributed by atoms with Gasteiger partial charge in [-0.05, 0) is 41.8 Å². The molecule has 0 saturated heterocycles. The second-order valence-corrected chi connectivity index (χ2v) is 6.55. The van der Waals surface area contributed by atoms with E-state index in [0.717, 1.165) is 54.6 Å². The molecule has 130 valence electrons. The largest absolute Gasteiger partial charge is 0.454 e. The standard InChI is InChI=1S/C20H18N4O2/c1-2-18-19(26-13-25-18)9-14(1)11-24-8-5-16-10-22-20(23-17(16)12-24)15-3-6-21-7-4-15/h1-4,6-7,9-10H,5,8,11-13H2. The molecular weight excluding hydrogens is 328 g/mol. The molecule has 2 aliphatic rings. The molecule has 2 aromatic heterocycles. The molecule has 1 aromatic carbocycles. The Labute approximate surface area is 151 Å². The van der Waals surface area contributed by atoms with Crippen molar-refractivity contribution in [2.45, 2.75) is 19.5 Å². The maximum absolute atomic E-state index is 5.48. The monoisotopic (exact) mass is 346 g/mol. The molecule has 0 saturated carbocycles. The summed E-state index contributed by atoms with van der Waals surface area (Å²) in [5, 5.41) is 0. The number of rotatable bonds is 3. The Morgan fingerprint density at radius 1 is 1.04 bits per heavy atom. The molecule has 0 bridgehead atoms. The van der Waals surface area contributed by atoms with Gasteiger partial charge in [-0.2, -0.15) is 0 Å². The van der Waals surface area contributed by atoms with Crippen molar-refractivity contribution in [3.8, 4) is 22.9 Å². The van der Waals surface area contributed by atoms with Crippen molar-refractivity contribution in [2.24, 2.45) is 0 Å². The highest BCUT2D eigenvalue weighted by molar-refractivity contribution is 5.54. The van der Waals surface area contributed by atoms with Crippen LogP contribution in [0, 0.1) is 0 Å². The Bertz CT molecular complexity index is 946. The second-order valence-electron chi connectivity index (χ2n) is 6.55. The number of nitrogens with zero attached hydrogens (tertiary/aromatic N) is 4. The molecule has 5 rings (SSSR count). The van der Waals surface area contributed by atoms with Gasteiger partial charge in [0.2, 0.25) is 6.79 Å². The zero-order valence-electron chi connectivity index (χ0n) is 14.3. The first-order chi connectivity index (χ1) is 12.8. The lowest BCUT2D eigenvalue weighted by Gasteiger charge is -2.28. The van der Waals surface area contributed by atoms with Crippen LogP contribution >= 0.6 is 0 Å². The molecule has 3 aromatic rings. The second kappa shape index (κ2) is 6.38. The van der Waals surface area contributed by atoms with E-state index in [1.165, 1.54) is 11.1 Å². The first kappa shape index (κ1) is 15.3. The minimum Gasteiger partial charge on any atom is -0.454 e. The summed E-state index contributed by atoms with van der Waals surface area (Å²) in [4.78, 5) is 15.8. The molecule has 0 atom stereocenters. The van der Waals surface area contributed by atoms with E-state index in [-0.39, 0.29) is 0 Å². The van der Waals surface area contributed by atoms with Gasteiger partial charge in [0.1, 0.15) is 0 Å². The molecule has 0 radical (unpaired) electrons. The highest BCUT2D eigenvalue weighted by atomic mass is 16.7. The fourth-order valence-electron chi connectivity index (χ4n) is 3.43. The van der Waals surface area contributed by atoms with Gasteiger partial charge in [0, 0.05) is 43.8 Å². The average Bonchev–Trinajstić information content (AvgIpc) is 3.16. The minimum atomic E-state index is 0.310. The molecule has 2 aliphatic heterocycles. The number of ether oxygens (including phenoxy) is 2. The maximum atomic E-state index is 5.48. The van der Waals surface area contributed by atoms with E-state index in [0.29, 0.717) is 6.79 Å². The van der Waals surface area contributed by atoms with Crippen LogP contribution in [0.25, 0.3) is 11.4 Å². The van der Waals surface area contributed by atoms with Gasteiger partial charge in [-0.25, -0.2) is 9.97 Å². The predicted octanol–water partition coefficient (Wildman–Crippen LogP) is 2.83. The molecule has 0 unspecified atom stereocenters. The number of hydrogen-bond acceptors (Lipinski definition) is 6. The molecule has 6 nitrogen and oxygen atoms in total. The van der Waals surface area contributed by atoms with Crippen LogP contribution in [0.15, 0.2) is 48.9 Å². The lowest BCUT2D eigenvalue weighted by molar-refractivity contribution is 0.174. The number of benzene rings is 1. The average molecular weight is 346 g/mol. The lowest BCUT2D eigenvalue weighted by atomic mass is 10.1. The molecule has 0 spiro atoms. The zero-order chi connectivity index (χ0) is 17.3. The molecule has 0 aliphatic carbocycles. The third-order valence-electron chi connectivity index (χ3n) is 4.81. The van der Waals surface area contributed by atoms with Gasteiger partial charge >= 0.3 is 0 Å². The molecule has 26 heavy (non-hydrogen) atoms. The number of fused-ring (bicyclic) bond motifs is 2. The Kier molecular flexibility index (Phi) is 3.75. The van der Waals surface area contributed by atoms with Crippen LogP contribution in [0.2, 0.25) is 0 Å². The maximum Gasteiger partial charge on any atom is 0.231 e. The van der Waals surface area contributed by atoms with Crippen LogP contribution in [0.5, 0.6) is 11.5 Å². The molecule has 4 heterocycles. The third kappa shape index (κ3) is 2.88. The fraction of sp³-hybridized carbons (Fsp3) is 0.250. The Balaban J connectivity index is 1.36. The van der Waals surface area contributed by atoms with Crippen LogP contribution in [0.1, 0.15) is 16.8 Å². The summed E-state index contributed by atoms with van der Waals surface area (Å²) >= 11 is 0. The third-order valence-corrected chi connectivity index (χ3v) is 4.81. The van der Waals surface area contributed by atoms with E-state index in [1.54, 1.807) is 12.4 Å². The number of pyridine rings is 1. The van der Waals surface area contributed by atoms with Crippen LogP contribution in [0.3, 0.4) is 0 Å². The topological polar surface area (TPSA) is 60.4 Å². The Hall–Kier alpha value is -2.99. The van der Waals surface area contributed by atoms with E-state index in [1.807, 2.05) is 24.4 Å². The summed E-state index contributed by atoms with van der Waals surface area (Å²) in [7, 11) is 0. The normalized spacial score (nSPS) is 15.7. The van der Waals surface area contributed by atoms with Crippen LogP contribution in [-0.2, 0) is 19.5 Å². The lowest BCUT2D eigenvalue weighted by Crippen LogP contribution is -2.31. The minimum absolute atomic E-state index is 0.310. The highest BCUT2D eigenvalue weighted by Crippen LogP contribution is 2.33. The summed E-state index contributed by atoms with van der Waals surface area (Å²) in [6.45, 7) is 3.00. The van der Waals surface area contributed by atoms with Crippen molar-refractivity contribution in [2.75, 3.05) is 13.3 Å². The van der Waals surface area contributed by atoms with Gasteiger partial charge in [0.05, 0.1) is 5.69 Å². The smallest absolute Gasteiger partial charge is 0.231 e. The number of aromatic nitrogens is 3. The first-order valence-electron chi connectivity index (χ1n) is 8.71. The van der Waals surface area contributed by atoms with E-state index < -0.39 is 0 Å². The summed E-state index contributed by atoms with van der Waals surface area (Å²) < 4.78 is 10.9. The van der Waals surface area contributed by atoms with Crippen LogP contribution in [0.4, 0.5) is 0 Å². The van der Waals surface area contributed by atoms with Crippen molar-refractivity contribution in [3.05, 3.63) is 65.7 Å². The van der Waals surface area contributed by atoms with Crippen molar-refractivity contribution in [1.29, 1.82) is 0 Å². The SMILES string of the molecule is c1cc(-c2ncc3c(n2)CN(Cc2ccc4c(c2)OCO4)CC3)ccn1. The quantitative estimate of drug-likeness (QED) is 0.727. The van der Waals surface area contributed by atoms with Crippen LogP contribution < -0.4 is 9.47 Å². The van der Waals surface area contributed by atoms with Gasteiger partial charge in [-0.15, -0.1) is 0 Å². The summed E-state index contributed by atoms with van der Waals surface area (Å²) in [5.74, 6) is 2.42. The van der Waals surface area contributed by atoms with Gasteiger partial charge in [-0.3, -0.25) is 9.88 Å². The van der Waals surface area contributed by atoms with Gasteiger partial charge in [0.15, 0.2) is 17.3 Å². The number of hydrogen-bond donors (Lipinski definition) is 0. The van der Waals surface area contributed by atoms with E-state index in [4.69, 9.17) is 14.5 Å². The summed E-state index contributed by atoms with van der Waals surface area (Å²) in [6.07, 6.45) is 6.47. The van der Waals surface area contributed by atoms with E-state index in [9.17, 15) is 0 Å². The Morgan fingerprint density at radius 3 is 2.85 bits per heavy atom. The summed E-state index contributed by atoms with van der Waals surface area (Å²) in [5.41, 5.74) is 4.57. The van der Waals surface area contributed by atoms with Crippen molar-refractivity contribution >= 4 is 0 Å². The Morgan fingerprint density at radius 2 is 1.92 bits per heavy atom. The van der Waals surface area contributed by atoms with Gasteiger partial charge in [-0.1, -0.05) is 6.07 Å². The zero-order valence-corrected chi connectivity index (χ0v) is 14.3. The molecular formula is C20H18N4O2. The van der Waals surface area contributed by atoms with Crippen molar-refractivity contribution in [1.82, 2.24) is 19.9 Å². The van der Waals surface area contributed by atoms with Gasteiger partial charge < -0.3 is 9.47 Å². The van der Waals surface area contributed by atoms with Crippen molar-refractivity contribution < 1.29 is 9.47 Å². The van der Waals surface area contributed by atoms with E-state index >= 15 is 0 Å². The van der Waals surface area contributed by atoms with Crippen LogP contribution in [-0.4, -0.2) is 33.2 Å². The van der Waals surface area contributed by atoms with Crippen molar-refractivity contribution in [3.63, 3.8) is 0 Å². The van der Waals surface area contributed by atoms with Gasteiger partial charge in [0.25, 0.3) is 0 Å². The summed E-state index contributed by atoms with van der Waals surface area (Å²) in [6, 6.07) is 10.0. The first-order valence-corrected chi connectivity index (χ1v) is 8.71. The predicted molar refractivity (Wildman–Crippen MR) is 95.6 cm³/mol. The molecule has 0 fully saturated rings. The molecule has 0 amide bonds. The van der Waals surface area contributed by atoms with E-state index in [2.05, 4.69) is 27.0 Å². The fourth-order valence-corrected chi connectivity index (χ4v) is 3.43.